The molecule has 0 bridgehead atoms. The van der Waals surface area contributed by atoms with Crippen molar-refractivity contribution in [3.05, 3.63) is 157 Å². The lowest BCUT2D eigenvalue weighted by molar-refractivity contribution is 1.18. The van der Waals surface area contributed by atoms with Gasteiger partial charge in [0.15, 0.2) is 5.82 Å². The average Bonchev–Trinajstić information content (AvgIpc) is 3.01. The Morgan fingerprint density at radius 2 is 1.07 bits per heavy atom. The molecule has 3 heteroatoms. The summed E-state index contributed by atoms with van der Waals surface area (Å²) in [7, 11) is 0. The number of allylic oxidation sites excluding steroid dienone is 10. The van der Waals surface area contributed by atoms with Crippen LogP contribution in [-0.2, 0) is 0 Å². The minimum atomic E-state index is 0.598. The molecular weight excluding hydrogens is 486 g/mol. The fraction of sp³-hybridized carbons (Fsp3) is 0.0541. The molecule has 0 radical (unpaired) electrons. The van der Waals surface area contributed by atoms with Crippen molar-refractivity contribution >= 4 is 11.1 Å². The van der Waals surface area contributed by atoms with Gasteiger partial charge in [-0.15, -0.1) is 0 Å². The van der Waals surface area contributed by atoms with Crippen LogP contribution < -0.4 is 0 Å². The third-order valence-electron chi connectivity index (χ3n) is 6.31. The Morgan fingerprint density at radius 1 is 0.650 bits per heavy atom. The van der Waals surface area contributed by atoms with Gasteiger partial charge in [-0.2, -0.15) is 5.26 Å². The van der Waals surface area contributed by atoms with E-state index in [-0.39, 0.29) is 0 Å². The molecule has 0 atom stereocenters. The molecule has 0 aliphatic heterocycles. The molecule has 0 saturated heterocycles. The second-order valence-corrected chi connectivity index (χ2v) is 9.02. The van der Waals surface area contributed by atoms with Crippen LogP contribution in [0.25, 0.3) is 45.0 Å². The Labute approximate surface area is 237 Å². The fourth-order valence-electron chi connectivity index (χ4n) is 4.34. The summed E-state index contributed by atoms with van der Waals surface area (Å²) < 4.78 is 0. The first kappa shape index (κ1) is 27.7. The minimum absolute atomic E-state index is 0.598. The van der Waals surface area contributed by atoms with Gasteiger partial charge in [0.2, 0.25) is 0 Å². The van der Waals surface area contributed by atoms with E-state index in [1.165, 1.54) is 0 Å². The topological polar surface area (TPSA) is 49.6 Å². The molecule has 1 heterocycles. The highest BCUT2D eigenvalue weighted by molar-refractivity contribution is 5.79. The normalized spacial score (nSPS) is 12.0. The highest BCUT2D eigenvalue weighted by atomic mass is 14.9. The van der Waals surface area contributed by atoms with Crippen LogP contribution in [0, 0.1) is 11.3 Å². The van der Waals surface area contributed by atoms with Crippen molar-refractivity contribution < 1.29 is 0 Å². The third kappa shape index (κ3) is 6.56. The number of rotatable bonds is 9. The van der Waals surface area contributed by atoms with Crippen LogP contribution in [0.4, 0.5) is 0 Å². The average molecular weight is 518 g/mol. The van der Waals surface area contributed by atoms with Gasteiger partial charge in [0.05, 0.1) is 23.0 Å². The van der Waals surface area contributed by atoms with Gasteiger partial charge in [0, 0.05) is 16.7 Å². The zero-order valence-corrected chi connectivity index (χ0v) is 22.9. The first-order valence-electron chi connectivity index (χ1n) is 13.1. The molecule has 0 amide bonds. The van der Waals surface area contributed by atoms with Gasteiger partial charge < -0.3 is 0 Å². The van der Waals surface area contributed by atoms with Gasteiger partial charge >= 0.3 is 0 Å². The zero-order chi connectivity index (χ0) is 28.3. The minimum Gasteiger partial charge on any atom is -0.228 e. The Kier molecular flexibility index (Phi) is 9.32. The summed E-state index contributed by atoms with van der Waals surface area (Å²) >= 11 is 0. The molecule has 4 aromatic rings. The van der Waals surface area contributed by atoms with Crippen LogP contribution in [0.1, 0.15) is 30.5 Å². The van der Waals surface area contributed by atoms with Gasteiger partial charge in [-0.25, -0.2) is 9.97 Å². The summed E-state index contributed by atoms with van der Waals surface area (Å²) in [5, 5.41) is 9.23. The van der Waals surface area contributed by atoms with E-state index in [9.17, 15) is 5.26 Å². The van der Waals surface area contributed by atoms with Crippen LogP contribution in [0.15, 0.2) is 141 Å². The molecule has 0 saturated carbocycles. The van der Waals surface area contributed by atoms with Crippen molar-refractivity contribution in [2.24, 2.45) is 0 Å². The lowest BCUT2D eigenvalue weighted by atomic mass is 9.99. The standard InChI is InChI=1S/C37H31N3/c1-5-9-28(10-6-2)30-17-21-32(22-18-30)35-25-36(40-37(39-35)34-15-13-27(26-38)14-16-34)33-23-19-31(20-24-33)29(11-7-3)12-8-4/h5-25H,1,3H2,2,4H3/b10-6-,12-8-,28-9+,29-11+. The van der Waals surface area contributed by atoms with Crippen LogP contribution in [0.2, 0.25) is 0 Å². The van der Waals surface area contributed by atoms with E-state index in [1.54, 1.807) is 24.3 Å². The van der Waals surface area contributed by atoms with E-state index < -0.39 is 0 Å². The monoisotopic (exact) mass is 517 g/mol. The summed E-state index contributed by atoms with van der Waals surface area (Å²) in [5.74, 6) is 0.604. The molecule has 194 valence electrons. The second-order valence-electron chi connectivity index (χ2n) is 9.02. The predicted octanol–water partition coefficient (Wildman–Crippen LogP) is 9.64. The van der Waals surface area contributed by atoms with Gasteiger partial charge in [0.1, 0.15) is 0 Å². The molecule has 3 aromatic carbocycles. The van der Waals surface area contributed by atoms with Gasteiger partial charge in [-0.1, -0.05) is 110 Å². The number of nitrogens with zero attached hydrogens (tertiary/aromatic N) is 3. The van der Waals surface area contributed by atoms with E-state index in [4.69, 9.17) is 9.97 Å². The highest BCUT2D eigenvalue weighted by Gasteiger charge is 2.12. The first-order valence-corrected chi connectivity index (χ1v) is 13.1. The molecule has 4 rings (SSSR count). The number of hydrogen-bond donors (Lipinski definition) is 0. The smallest absolute Gasteiger partial charge is 0.160 e. The number of nitriles is 1. The summed E-state index contributed by atoms with van der Waals surface area (Å²) in [6.45, 7) is 11.7. The quantitative estimate of drug-likeness (QED) is 0.208. The summed E-state index contributed by atoms with van der Waals surface area (Å²) in [4.78, 5) is 9.86. The number of benzene rings is 3. The third-order valence-corrected chi connectivity index (χ3v) is 6.31. The number of hydrogen-bond acceptors (Lipinski definition) is 3. The molecule has 0 spiro atoms. The molecule has 40 heavy (non-hydrogen) atoms. The van der Waals surface area contributed by atoms with Crippen molar-refractivity contribution in [3.63, 3.8) is 0 Å². The van der Waals surface area contributed by atoms with Crippen LogP contribution in [0.3, 0.4) is 0 Å². The van der Waals surface area contributed by atoms with Gasteiger partial charge in [-0.05, 0) is 66.5 Å². The zero-order valence-electron chi connectivity index (χ0n) is 22.9. The highest BCUT2D eigenvalue weighted by Crippen LogP contribution is 2.30. The van der Waals surface area contributed by atoms with Crippen molar-refractivity contribution in [2.45, 2.75) is 13.8 Å². The Morgan fingerprint density at radius 3 is 1.45 bits per heavy atom. The maximum absolute atomic E-state index is 9.23. The van der Waals surface area contributed by atoms with Crippen LogP contribution >= 0.6 is 0 Å². The Hall–Kier alpha value is -5.33. The summed E-state index contributed by atoms with van der Waals surface area (Å²) in [6, 6.07) is 28.3. The second kappa shape index (κ2) is 13.5. The van der Waals surface area contributed by atoms with E-state index >= 15 is 0 Å². The van der Waals surface area contributed by atoms with Crippen molar-refractivity contribution in [1.29, 1.82) is 5.26 Å². The first-order chi connectivity index (χ1) is 19.6. The Bertz CT molecular complexity index is 1560. The van der Waals surface area contributed by atoms with Gasteiger partial charge in [0.25, 0.3) is 0 Å². The molecule has 0 aliphatic carbocycles. The largest absolute Gasteiger partial charge is 0.228 e. The fourth-order valence-corrected chi connectivity index (χ4v) is 4.34. The van der Waals surface area contributed by atoms with Crippen molar-refractivity contribution in [2.75, 3.05) is 0 Å². The van der Waals surface area contributed by atoms with Crippen LogP contribution in [0.5, 0.6) is 0 Å². The lowest BCUT2D eigenvalue weighted by Gasteiger charge is -2.11. The molecule has 0 aliphatic rings. The van der Waals surface area contributed by atoms with E-state index in [0.29, 0.717) is 11.4 Å². The SMILES string of the molecule is C=C/C=C(\C=C/C)c1ccc(-c2cc(-c3ccc(C(/C=C\C)=C/C=C)cc3)nc(-c3ccc(C#N)cc3)n2)cc1. The maximum Gasteiger partial charge on any atom is 0.160 e. The molecule has 3 nitrogen and oxygen atoms in total. The molecule has 0 unspecified atom stereocenters. The van der Waals surface area contributed by atoms with E-state index in [2.05, 4.69) is 79.9 Å². The predicted molar refractivity (Wildman–Crippen MR) is 169 cm³/mol. The van der Waals surface area contributed by atoms with E-state index in [0.717, 1.165) is 50.4 Å². The van der Waals surface area contributed by atoms with Crippen molar-refractivity contribution in [3.8, 4) is 40.0 Å². The molecule has 0 N–H and O–H groups in total. The number of aromatic nitrogens is 2. The van der Waals surface area contributed by atoms with Crippen molar-refractivity contribution in [1.82, 2.24) is 9.97 Å². The molecule has 1 aromatic heterocycles. The maximum atomic E-state index is 9.23. The van der Waals surface area contributed by atoms with Crippen LogP contribution in [-0.4, -0.2) is 9.97 Å². The summed E-state index contributed by atoms with van der Waals surface area (Å²) in [5.41, 5.74) is 9.45. The van der Waals surface area contributed by atoms with E-state index in [1.807, 2.05) is 56.4 Å². The molecule has 0 fully saturated rings. The lowest BCUT2D eigenvalue weighted by Crippen LogP contribution is -1.96. The Balaban J connectivity index is 1.81. The van der Waals surface area contributed by atoms with Gasteiger partial charge in [-0.3, -0.25) is 0 Å². The summed E-state index contributed by atoms with van der Waals surface area (Å²) in [6.07, 6.45) is 15.8. The molecular formula is C37H31N3.